The second-order valence-electron chi connectivity index (χ2n) is 3.46. The third-order valence-corrected chi connectivity index (χ3v) is 2.28. The van der Waals surface area contributed by atoms with E-state index in [1.165, 1.54) is 0 Å². The van der Waals surface area contributed by atoms with E-state index in [1.54, 1.807) is 24.3 Å². The first-order valence-electron chi connectivity index (χ1n) is 5.53. The number of benzene rings is 1. The smallest absolute Gasteiger partial charge is 0.322 e. The molecule has 2 rings (SSSR count). The molecule has 1 heterocycles. The van der Waals surface area contributed by atoms with Gasteiger partial charge in [0.15, 0.2) is 0 Å². The van der Waals surface area contributed by atoms with Gasteiger partial charge in [0.2, 0.25) is 11.2 Å². The van der Waals surface area contributed by atoms with Crippen molar-refractivity contribution in [2.24, 2.45) is 0 Å². The molecule has 6 nitrogen and oxygen atoms in total. The lowest BCUT2D eigenvalue weighted by Gasteiger charge is -2.06. The van der Waals surface area contributed by atoms with Crippen molar-refractivity contribution in [3.8, 4) is 12.1 Å². The average molecular weight is 276 g/mol. The minimum absolute atomic E-state index is 0.0392. The van der Waals surface area contributed by atoms with Crippen LogP contribution >= 0.6 is 11.6 Å². The van der Waals surface area contributed by atoms with E-state index in [-0.39, 0.29) is 17.2 Å². The number of hydrogen-bond donors (Lipinski definition) is 1. The first-order valence-corrected chi connectivity index (χ1v) is 5.90. The fourth-order valence-corrected chi connectivity index (χ4v) is 1.53. The Balaban J connectivity index is 2.25. The molecule has 0 aliphatic heterocycles. The number of nitriles is 1. The number of ether oxygens (including phenoxy) is 1. The van der Waals surface area contributed by atoms with Gasteiger partial charge < -0.3 is 10.1 Å². The highest BCUT2D eigenvalue weighted by molar-refractivity contribution is 6.28. The Labute approximate surface area is 115 Å². The van der Waals surface area contributed by atoms with Gasteiger partial charge in [-0.25, -0.2) is 0 Å². The summed E-state index contributed by atoms with van der Waals surface area (Å²) in [5.74, 6) is 0.263. The van der Waals surface area contributed by atoms with Crippen LogP contribution in [0.2, 0.25) is 5.28 Å². The normalized spacial score (nSPS) is 9.74. The molecular formula is C12H10ClN5O. The van der Waals surface area contributed by atoms with Crippen LogP contribution in [0.4, 0.5) is 11.6 Å². The van der Waals surface area contributed by atoms with E-state index < -0.39 is 0 Å². The van der Waals surface area contributed by atoms with Crippen molar-refractivity contribution in [3.63, 3.8) is 0 Å². The monoisotopic (exact) mass is 275 g/mol. The molecule has 0 saturated heterocycles. The van der Waals surface area contributed by atoms with Gasteiger partial charge >= 0.3 is 6.01 Å². The summed E-state index contributed by atoms with van der Waals surface area (Å²) in [6, 6.07) is 9.14. The van der Waals surface area contributed by atoms with E-state index in [0.717, 1.165) is 0 Å². The zero-order valence-electron chi connectivity index (χ0n) is 10.1. The fraction of sp³-hybridized carbons (Fsp3) is 0.167. The Morgan fingerprint density at radius 3 is 2.95 bits per heavy atom. The summed E-state index contributed by atoms with van der Waals surface area (Å²) in [6.07, 6.45) is 0. The molecule has 2 aromatic rings. The highest BCUT2D eigenvalue weighted by atomic mass is 35.5. The summed E-state index contributed by atoms with van der Waals surface area (Å²) in [6.45, 7) is 2.25. The Morgan fingerprint density at radius 1 is 1.37 bits per heavy atom. The van der Waals surface area contributed by atoms with Crippen LogP contribution in [0, 0.1) is 11.3 Å². The number of anilines is 2. The molecule has 0 amide bonds. The molecule has 0 bridgehead atoms. The topological polar surface area (TPSA) is 83.7 Å². The molecule has 0 unspecified atom stereocenters. The van der Waals surface area contributed by atoms with Crippen molar-refractivity contribution in [2.75, 3.05) is 11.9 Å². The Kier molecular flexibility index (Phi) is 4.11. The summed E-state index contributed by atoms with van der Waals surface area (Å²) < 4.78 is 5.17. The van der Waals surface area contributed by atoms with E-state index in [9.17, 15) is 0 Å². The van der Waals surface area contributed by atoms with Crippen molar-refractivity contribution in [2.45, 2.75) is 6.92 Å². The van der Waals surface area contributed by atoms with Crippen LogP contribution in [0.15, 0.2) is 24.3 Å². The van der Waals surface area contributed by atoms with Crippen molar-refractivity contribution >= 4 is 23.2 Å². The van der Waals surface area contributed by atoms with Crippen LogP contribution in [0.1, 0.15) is 12.5 Å². The molecule has 7 heteroatoms. The molecule has 96 valence electrons. The van der Waals surface area contributed by atoms with Gasteiger partial charge in [-0.05, 0) is 36.7 Å². The maximum absolute atomic E-state index is 8.83. The van der Waals surface area contributed by atoms with Crippen molar-refractivity contribution in [1.29, 1.82) is 5.26 Å². The third kappa shape index (κ3) is 3.53. The lowest BCUT2D eigenvalue weighted by atomic mass is 10.2. The van der Waals surface area contributed by atoms with Crippen LogP contribution in [0.5, 0.6) is 6.01 Å². The maximum atomic E-state index is 8.83. The van der Waals surface area contributed by atoms with Crippen LogP contribution in [0.3, 0.4) is 0 Å². The number of aromatic nitrogens is 3. The predicted octanol–water partition coefficient (Wildman–Crippen LogP) is 2.54. The molecular weight excluding hydrogens is 266 g/mol. The van der Waals surface area contributed by atoms with Crippen LogP contribution in [-0.4, -0.2) is 21.6 Å². The van der Waals surface area contributed by atoms with Crippen LogP contribution < -0.4 is 10.1 Å². The minimum Gasteiger partial charge on any atom is -0.464 e. The molecule has 0 fully saturated rings. The standard InChI is InChI=1S/C12H10ClN5O/c1-2-19-12-17-10(13)16-11(18-12)15-9-5-3-4-8(6-9)7-14/h3-6H,2H2,1H3,(H,15,16,17,18). The van der Waals surface area contributed by atoms with Crippen LogP contribution in [0.25, 0.3) is 0 Å². The Bertz CT molecular complexity index is 626. The quantitative estimate of drug-likeness (QED) is 0.923. The first-order chi connectivity index (χ1) is 9.21. The lowest BCUT2D eigenvalue weighted by molar-refractivity contribution is 0.312. The molecule has 19 heavy (non-hydrogen) atoms. The summed E-state index contributed by atoms with van der Waals surface area (Å²) in [4.78, 5) is 11.8. The number of nitrogens with zero attached hydrogens (tertiary/aromatic N) is 4. The van der Waals surface area contributed by atoms with Crippen molar-refractivity contribution in [3.05, 3.63) is 35.1 Å². The highest BCUT2D eigenvalue weighted by Crippen LogP contribution is 2.17. The summed E-state index contributed by atoms with van der Waals surface area (Å²) in [7, 11) is 0. The van der Waals surface area contributed by atoms with Crippen LogP contribution in [-0.2, 0) is 0 Å². The van der Waals surface area contributed by atoms with Crippen molar-refractivity contribution < 1.29 is 4.74 Å². The van der Waals surface area contributed by atoms with E-state index in [4.69, 9.17) is 21.6 Å². The molecule has 0 aliphatic carbocycles. The Morgan fingerprint density at radius 2 is 2.21 bits per heavy atom. The summed E-state index contributed by atoms with van der Waals surface area (Å²) in [5.41, 5.74) is 1.22. The SMILES string of the molecule is CCOc1nc(Cl)nc(Nc2cccc(C#N)c2)n1. The maximum Gasteiger partial charge on any atom is 0.322 e. The predicted molar refractivity (Wildman–Crippen MR) is 70.4 cm³/mol. The Hall–Kier alpha value is -2.39. The first kappa shape index (κ1) is 13.1. The second kappa shape index (κ2) is 5.98. The van der Waals surface area contributed by atoms with Gasteiger partial charge in [0.05, 0.1) is 18.2 Å². The zero-order chi connectivity index (χ0) is 13.7. The molecule has 0 aliphatic rings. The minimum atomic E-state index is 0.0392. The van der Waals surface area contributed by atoms with E-state index in [0.29, 0.717) is 17.9 Å². The van der Waals surface area contributed by atoms with Gasteiger partial charge in [-0.2, -0.15) is 20.2 Å². The largest absolute Gasteiger partial charge is 0.464 e. The fourth-order valence-electron chi connectivity index (χ4n) is 1.38. The van der Waals surface area contributed by atoms with Gasteiger partial charge in [0.25, 0.3) is 0 Å². The molecule has 0 radical (unpaired) electrons. The number of nitrogens with one attached hydrogen (secondary N) is 1. The van der Waals surface area contributed by atoms with Gasteiger partial charge in [-0.1, -0.05) is 6.07 Å². The van der Waals surface area contributed by atoms with E-state index >= 15 is 0 Å². The number of halogens is 1. The second-order valence-corrected chi connectivity index (χ2v) is 3.80. The number of hydrogen-bond acceptors (Lipinski definition) is 6. The zero-order valence-corrected chi connectivity index (χ0v) is 10.8. The summed E-state index contributed by atoms with van der Waals surface area (Å²) in [5, 5.41) is 11.8. The molecule has 1 N–H and O–H groups in total. The highest BCUT2D eigenvalue weighted by Gasteiger charge is 2.06. The molecule has 0 atom stereocenters. The average Bonchev–Trinajstić information content (AvgIpc) is 2.38. The third-order valence-electron chi connectivity index (χ3n) is 2.11. The molecule has 1 aromatic carbocycles. The lowest BCUT2D eigenvalue weighted by Crippen LogP contribution is -2.03. The van der Waals surface area contributed by atoms with E-state index in [2.05, 4.69) is 26.3 Å². The number of rotatable bonds is 4. The van der Waals surface area contributed by atoms with Gasteiger partial charge in [0.1, 0.15) is 0 Å². The molecule has 0 saturated carbocycles. The summed E-state index contributed by atoms with van der Waals surface area (Å²) >= 11 is 5.78. The molecule has 0 spiro atoms. The van der Waals surface area contributed by atoms with Gasteiger partial charge in [-0.15, -0.1) is 0 Å². The molecule has 1 aromatic heterocycles. The van der Waals surface area contributed by atoms with Gasteiger partial charge in [0, 0.05) is 5.69 Å². The van der Waals surface area contributed by atoms with Crippen molar-refractivity contribution in [1.82, 2.24) is 15.0 Å². The van der Waals surface area contributed by atoms with E-state index in [1.807, 2.05) is 6.92 Å². The van der Waals surface area contributed by atoms with Gasteiger partial charge in [-0.3, -0.25) is 0 Å².